The van der Waals surface area contributed by atoms with E-state index in [-0.39, 0.29) is 36.9 Å². The molecule has 2 unspecified atom stereocenters. The first-order valence-electron chi connectivity index (χ1n) is 6.95. The highest BCUT2D eigenvalue weighted by Crippen LogP contribution is 2.07. The van der Waals surface area contributed by atoms with E-state index in [0.717, 1.165) is 0 Å². The number of para-hydroxylation sites is 1. The lowest BCUT2D eigenvalue weighted by atomic mass is 10.3. The largest absolute Gasteiger partial charge is 0.484 e. The van der Waals surface area contributed by atoms with Crippen LogP contribution in [0.2, 0.25) is 0 Å². The third-order valence-electron chi connectivity index (χ3n) is 2.96. The predicted octanol–water partition coefficient (Wildman–Crippen LogP) is 0.716. The van der Waals surface area contributed by atoms with E-state index >= 15 is 0 Å². The van der Waals surface area contributed by atoms with E-state index in [0.29, 0.717) is 12.3 Å². The molecule has 0 radical (unpaired) electrons. The van der Waals surface area contributed by atoms with Gasteiger partial charge in [0.05, 0.1) is 0 Å². The minimum atomic E-state index is -0.596. The van der Waals surface area contributed by atoms with Crippen LogP contribution in [0.25, 0.3) is 0 Å². The Hall–Kier alpha value is -1.79. The Morgan fingerprint density at radius 1 is 1.18 bits per heavy atom. The number of amides is 2. The first-order chi connectivity index (χ1) is 10.0. The number of benzene rings is 1. The molecule has 0 aliphatic rings. The molecular weight excluding hydrogens is 306 g/mol. The highest BCUT2D eigenvalue weighted by atomic mass is 35.5. The van der Waals surface area contributed by atoms with Crippen LogP contribution >= 0.6 is 12.4 Å². The van der Waals surface area contributed by atoms with Crippen molar-refractivity contribution < 1.29 is 14.3 Å². The van der Waals surface area contributed by atoms with Gasteiger partial charge >= 0.3 is 0 Å². The molecule has 124 valence electrons. The fourth-order valence-corrected chi connectivity index (χ4v) is 1.52. The van der Waals surface area contributed by atoms with Crippen molar-refractivity contribution in [2.24, 2.45) is 0 Å². The molecule has 2 amide bonds. The molecule has 2 atom stereocenters. The van der Waals surface area contributed by atoms with Crippen molar-refractivity contribution in [1.82, 2.24) is 16.0 Å². The summed E-state index contributed by atoms with van der Waals surface area (Å²) < 4.78 is 5.31. The highest BCUT2D eigenvalue weighted by molar-refractivity contribution is 5.87. The van der Waals surface area contributed by atoms with E-state index in [1.807, 2.05) is 32.2 Å². The molecule has 0 aliphatic carbocycles. The SMILES string of the molecule is CNC(C)CNC(=O)C(C)NC(=O)COc1ccccc1.Cl. The molecule has 1 aromatic carbocycles. The Bertz CT molecular complexity index is 457. The molecular formula is C15H24ClN3O3. The molecule has 0 bridgehead atoms. The summed E-state index contributed by atoms with van der Waals surface area (Å²) in [4.78, 5) is 23.5. The third-order valence-corrected chi connectivity index (χ3v) is 2.96. The van der Waals surface area contributed by atoms with Gasteiger partial charge in [-0.05, 0) is 33.0 Å². The van der Waals surface area contributed by atoms with E-state index in [2.05, 4.69) is 16.0 Å². The molecule has 0 heterocycles. The molecule has 7 heteroatoms. The van der Waals surface area contributed by atoms with Crippen molar-refractivity contribution in [3.63, 3.8) is 0 Å². The Morgan fingerprint density at radius 2 is 1.82 bits per heavy atom. The lowest BCUT2D eigenvalue weighted by Crippen LogP contribution is -2.48. The van der Waals surface area contributed by atoms with Crippen LogP contribution in [0.1, 0.15) is 13.8 Å². The molecule has 0 saturated heterocycles. The van der Waals surface area contributed by atoms with Crippen LogP contribution in [-0.2, 0) is 9.59 Å². The smallest absolute Gasteiger partial charge is 0.258 e. The maximum Gasteiger partial charge on any atom is 0.258 e. The van der Waals surface area contributed by atoms with Gasteiger partial charge in [-0.3, -0.25) is 9.59 Å². The minimum Gasteiger partial charge on any atom is -0.484 e. The molecule has 0 saturated carbocycles. The molecule has 0 spiro atoms. The second-order valence-corrected chi connectivity index (χ2v) is 4.83. The topological polar surface area (TPSA) is 79.5 Å². The highest BCUT2D eigenvalue weighted by Gasteiger charge is 2.16. The second-order valence-electron chi connectivity index (χ2n) is 4.83. The summed E-state index contributed by atoms with van der Waals surface area (Å²) in [7, 11) is 1.82. The maximum absolute atomic E-state index is 11.8. The van der Waals surface area contributed by atoms with Crippen LogP contribution in [0.4, 0.5) is 0 Å². The number of carbonyl (C=O) groups excluding carboxylic acids is 2. The van der Waals surface area contributed by atoms with Crippen molar-refractivity contribution in [1.29, 1.82) is 0 Å². The molecule has 3 N–H and O–H groups in total. The summed E-state index contributed by atoms with van der Waals surface area (Å²) in [6.07, 6.45) is 0. The van der Waals surface area contributed by atoms with Gasteiger partial charge in [0, 0.05) is 12.6 Å². The number of likely N-dealkylation sites (N-methyl/N-ethyl adjacent to an activating group) is 1. The van der Waals surface area contributed by atoms with Gasteiger partial charge in [-0.2, -0.15) is 0 Å². The maximum atomic E-state index is 11.8. The lowest BCUT2D eigenvalue weighted by molar-refractivity contribution is -0.129. The van der Waals surface area contributed by atoms with Gasteiger partial charge in [-0.1, -0.05) is 18.2 Å². The van der Waals surface area contributed by atoms with Gasteiger partial charge in [0.2, 0.25) is 5.91 Å². The first-order valence-corrected chi connectivity index (χ1v) is 6.95. The second kappa shape index (κ2) is 10.9. The summed E-state index contributed by atoms with van der Waals surface area (Å²) >= 11 is 0. The number of ether oxygens (including phenoxy) is 1. The number of nitrogens with one attached hydrogen (secondary N) is 3. The van der Waals surface area contributed by atoms with Crippen LogP contribution in [0.5, 0.6) is 5.75 Å². The van der Waals surface area contributed by atoms with E-state index in [9.17, 15) is 9.59 Å². The van der Waals surface area contributed by atoms with Gasteiger partial charge < -0.3 is 20.7 Å². The quantitative estimate of drug-likeness (QED) is 0.656. The Labute approximate surface area is 137 Å². The molecule has 0 fully saturated rings. The van der Waals surface area contributed by atoms with Crippen molar-refractivity contribution in [3.05, 3.63) is 30.3 Å². The number of carbonyl (C=O) groups is 2. The molecule has 22 heavy (non-hydrogen) atoms. The number of halogens is 1. The fourth-order valence-electron chi connectivity index (χ4n) is 1.52. The Kier molecular flexibility index (Phi) is 9.98. The van der Waals surface area contributed by atoms with E-state index in [1.165, 1.54) is 0 Å². The Morgan fingerprint density at radius 3 is 2.41 bits per heavy atom. The van der Waals surface area contributed by atoms with E-state index in [4.69, 9.17) is 4.74 Å². The average Bonchev–Trinajstić information content (AvgIpc) is 2.51. The average molecular weight is 330 g/mol. The van der Waals surface area contributed by atoms with Crippen molar-refractivity contribution in [3.8, 4) is 5.75 Å². The van der Waals surface area contributed by atoms with Crippen molar-refractivity contribution in [2.75, 3.05) is 20.2 Å². The zero-order chi connectivity index (χ0) is 15.7. The van der Waals surface area contributed by atoms with Gasteiger partial charge in [0.1, 0.15) is 11.8 Å². The molecule has 1 rings (SSSR count). The van der Waals surface area contributed by atoms with Gasteiger partial charge in [0.15, 0.2) is 6.61 Å². The van der Waals surface area contributed by atoms with Gasteiger partial charge in [0.25, 0.3) is 5.91 Å². The van der Waals surface area contributed by atoms with Gasteiger partial charge in [-0.25, -0.2) is 0 Å². The number of hydrogen-bond acceptors (Lipinski definition) is 4. The normalized spacial score (nSPS) is 12.5. The Balaban J connectivity index is 0.00000441. The minimum absolute atomic E-state index is 0. The lowest BCUT2D eigenvalue weighted by Gasteiger charge is -2.16. The summed E-state index contributed by atoms with van der Waals surface area (Å²) in [6, 6.07) is 8.63. The first kappa shape index (κ1) is 20.2. The summed E-state index contributed by atoms with van der Waals surface area (Å²) in [5.74, 6) is 0.0703. The summed E-state index contributed by atoms with van der Waals surface area (Å²) in [5.41, 5.74) is 0. The molecule has 0 aromatic heterocycles. The standard InChI is InChI=1S/C15H23N3O3.ClH/c1-11(16-3)9-17-15(20)12(2)18-14(19)10-21-13-7-5-4-6-8-13;/h4-8,11-12,16H,9-10H2,1-3H3,(H,17,20)(H,18,19);1H. The van der Waals surface area contributed by atoms with Crippen LogP contribution < -0.4 is 20.7 Å². The number of rotatable bonds is 8. The third kappa shape index (κ3) is 7.85. The van der Waals surface area contributed by atoms with Crippen LogP contribution in [0, 0.1) is 0 Å². The van der Waals surface area contributed by atoms with Gasteiger partial charge in [-0.15, -0.1) is 12.4 Å². The zero-order valence-electron chi connectivity index (χ0n) is 13.1. The zero-order valence-corrected chi connectivity index (χ0v) is 13.9. The molecule has 1 aromatic rings. The van der Waals surface area contributed by atoms with Crippen molar-refractivity contribution in [2.45, 2.75) is 25.9 Å². The fraction of sp³-hybridized carbons (Fsp3) is 0.467. The predicted molar refractivity (Wildman–Crippen MR) is 88.3 cm³/mol. The van der Waals surface area contributed by atoms with E-state index in [1.54, 1.807) is 19.1 Å². The van der Waals surface area contributed by atoms with Crippen LogP contribution in [0.15, 0.2) is 30.3 Å². The van der Waals surface area contributed by atoms with Crippen LogP contribution in [-0.4, -0.2) is 44.1 Å². The van der Waals surface area contributed by atoms with Crippen molar-refractivity contribution >= 4 is 24.2 Å². The number of hydrogen-bond donors (Lipinski definition) is 3. The molecule has 0 aliphatic heterocycles. The summed E-state index contributed by atoms with van der Waals surface area (Å²) in [6.45, 7) is 3.99. The van der Waals surface area contributed by atoms with Crippen LogP contribution in [0.3, 0.4) is 0 Å². The summed E-state index contributed by atoms with van der Waals surface area (Å²) in [5, 5.41) is 8.37. The van der Waals surface area contributed by atoms with E-state index < -0.39 is 6.04 Å². The molecule has 6 nitrogen and oxygen atoms in total. The monoisotopic (exact) mass is 329 g/mol.